The minimum Gasteiger partial charge on any atom is -0.310 e. The molecule has 2 aromatic carbocycles. The van der Waals surface area contributed by atoms with E-state index >= 15 is 0 Å². The maximum atomic E-state index is 12.8. The lowest BCUT2D eigenvalue weighted by Gasteiger charge is -2.26. The number of fused-ring (bicyclic) bond motifs is 2. The van der Waals surface area contributed by atoms with Gasteiger partial charge in [-0.15, -0.1) is 0 Å². The lowest BCUT2D eigenvalue weighted by molar-refractivity contribution is 0.0962. The van der Waals surface area contributed by atoms with E-state index in [1.54, 1.807) is 0 Å². The molecule has 27 heavy (non-hydrogen) atoms. The molecule has 4 nitrogen and oxygen atoms in total. The summed E-state index contributed by atoms with van der Waals surface area (Å²) in [6.07, 6.45) is 2.32. The molecule has 0 amide bonds. The van der Waals surface area contributed by atoms with Gasteiger partial charge in [-0.05, 0) is 42.9 Å². The van der Waals surface area contributed by atoms with Crippen LogP contribution in [0.4, 0.5) is 11.6 Å². The summed E-state index contributed by atoms with van der Waals surface area (Å²) in [5.41, 5.74) is 6.15. The molecule has 0 unspecified atom stereocenters. The first-order valence-corrected chi connectivity index (χ1v) is 9.52. The molecule has 0 bridgehead atoms. The molecular formula is C23H21N3O. The van der Waals surface area contributed by atoms with Crippen molar-refractivity contribution in [3.05, 3.63) is 82.7 Å². The number of hydrogen-bond donors (Lipinski definition) is 0. The van der Waals surface area contributed by atoms with Gasteiger partial charge in [-0.2, -0.15) is 0 Å². The highest BCUT2D eigenvalue weighted by molar-refractivity contribution is 5.99. The van der Waals surface area contributed by atoms with E-state index in [0.29, 0.717) is 6.42 Å². The first-order valence-electron chi connectivity index (χ1n) is 9.52. The number of rotatable bonds is 2. The van der Waals surface area contributed by atoms with E-state index in [1.165, 1.54) is 16.8 Å². The number of para-hydroxylation sites is 1. The first-order chi connectivity index (χ1) is 13.2. The van der Waals surface area contributed by atoms with Gasteiger partial charge >= 0.3 is 0 Å². The molecule has 1 atom stereocenters. The van der Waals surface area contributed by atoms with Crippen LogP contribution in [-0.4, -0.2) is 22.3 Å². The lowest BCUT2D eigenvalue weighted by atomic mass is 9.81. The second kappa shape index (κ2) is 6.31. The predicted octanol–water partition coefficient (Wildman–Crippen LogP) is 4.39. The summed E-state index contributed by atoms with van der Waals surface area (Å²) >= 11 is 0. The third-order valence-electron chi connectivity index (χ3n) is 5.70. The first kappa shape index (κ1) is 16.2. The Hall–Kier alpha value is -3.01. The Morgan fingerprint density at radius 3 is 2.59 bits per heavy atom. The summed E-state index contributed by atoms with van der Waals surface area (Å²) in [4.78, 5) is 24.6. The lowest BCUT2D eigenvalue weighted by Crippen LogP contribution is -2.25. The molecule has 5 rings (SSSR count). The topological polar surface area (TPSA) is 46.1 Å². The molecule has 0 radical (unpaired) electrons. The highest BCUT2D eigenvalue weighted by Crippen LogP contribution is 2.36. The van der Waals surface area contributed by atoms with Crippen molar-refractivity contribution in [2.75, 3.05) is 11.4 Å². The number of aromatic nitrogens is 2. The predicted molar refractivity (Wildman–Crippen MR) is 106 cm³/mol. The Morgan fingerprint density at radius 2 is 1.74 bits per heavy atom. The van der Waals surface area contributed by atoms with Gasteiger partial charge in [0.25, 0.3) is 0 Å². The van der Waals surface area contributed by atoms with Gasteiger partial charge in [-0.3, -0.25) is 4.79 Å². The minimum atomic E-state index is 0.163. The number of aryl methyl sites for hydroxylation is 1. The zero-order chi connectivity index (χ0) is 18.4. The van der Waals surface area contributed by atoms with Crippen LogP contribution < -0.4 is 4.90 Å². The molecule has 2 aliphatic rings. The van der Waals surface area contributed by atoms with Crippen LogP contribution in [0.15, 0.2) is 54.6 Å². The fraction of sp³-hybridized carbons (Fsp3) is 0.261. The zero-order valence-electron chi connectivity index (χ0n) is 15.4. The van der Waals surface area contributed by atoms with Crippen LogP contribution in [0.5, 0.6) is 0 Å². The summed E-state index contributed by atoms with van der Waals surface area (Å²) in [7, 11) is 0. The van der Waals surface area contributed by atoms with E-state index in [4.69, 9.17) is 9.97 Å². The molecule has 0 N–H and O–H groups in total. The van der Waals surface area contributed by atoms with Gasteiger partial charge in [0.05, 0.1) is 17.0 Å². The molecule has 2 heterocycles. The maximum Gasteiger partial charge on any atom is 0.230 e. The van der Waals surface area contributed by atoms with Gasteiger partial charge in [0.1, 0.15) is 0 Å². The smallest absolute Gasteiger partial charge is 0.230 e. The van der Waals surface area contributed by atoms with Crippen molar-refractivity contribution in [2.24, 2.45) is 0 Å². The minimum absolute atomic E-state index is 0.163. The van der Waals surface area contributed by atoms with E-state index in [1.807, 2.05) is 25.1 Å². The fourth-order valence-corrected chi connectivity index (χ4v) is 4.39. The number of nitrogens with zero attached hydrogens (tertiary/aromatic N) is 3. The molecule has 134 valence electrons. The molecule has 0 saturated carbocycles. The number of carbonyl (C=O) groups excluding carboxylic acids is 1. The second-order valence-electron chi connectivity index (χ2n) is 7.40. The molecule has 3 aromatic rings. The SMILES string of the molecule is Cc1nc(N2CCc3ccccc32)nc2c1C(=O)C[C@@H](c1ccccc1)C2. The summed E-state index contributed by atoms with van der Waals surface area (Å²) in [5.74, 6) is 1.08. The summed E-state index contributed by atoms with van der Waals surface area (Å²) < 4.78 is 0. The molecule has 1 aromatic heterocycles. The molecule has 0 fully saturated rings. The quantitative estimate of drug-likeness (QED) is 0.684. The van der Waals surface area contributed by atoms with Crippen LogP contribution in [0, 0.1) is 6.92 Å². The Bertz CT molecular complexity index is 1030. The van der Waals surface area contributed by atoms with E-state index in [0.717, 1.165) is 42.3 Å². The van der Waals surface area contributed by atoms with Crippen molar-refractivity contribution in [2.45, 2.75) is 32.1 Å². The van der Waals surface area contributed by atoms with Crippen molar-refractivity contribution >= 4 is 17.4 Å². The number of anilines is 2. The van der Waals surface area contributed by atoms with E-state index < -0.39 is 0 Å². The standard InChI is InChI=1S/C23H21N3O/c1-15-22-19(13-18(14-21(22)27)16-7-3-2-4-8-16)25-23(24-15)26-12-11-17-9-5-6-10-20(17)26/h2-10,18H,11-14H2,1H3/t18-/m0/s1. The fourth-order valence-electron chi connectivity index (χ4n) is 4.39. The number of benzene rings is 2. The summed E-state index contributed by atoms with van der Waals surface area (Å²) in [5, 5.41) is 0. The number of ketones is 1. The molecule has 0 saturated heterocycles. The molecular weight excluding hydrogens is 334 g/mol. The van der Waals surface area contributed by atoms with E-state index in [-0.39, 0.29) is 11.7 Å². The Kier molecular flexibility index (Phi) is 3.78. The number of Topliss-reactive ketones (excluding diaryl/α,β-unsaturated/α-hetero) is 1. The average molecular weight is 355 g/mol. The number of hydrogen-bond acceptors (Lipinski definition) is 4. The molecule has 1 aliphatic heterocycles. The van der Waals surface area contributed by atoms with Crippen molar-refractivity contribution in [3.8, 4) is 0 Å². The molecule has 0 spiro atoms. The van der Waals surface area contributed by atoms with E-state index in [9.17, 15) is 4.79 Å². The summed E-state index contributed by atoms with van der Waals surface area (Å²) in [6, 6.07) is 18.7. The van der Waals surface area contributed by atoms with Crippen LogP contribution >= 0.6 is 0 Å². The van der Waals surface area contributed by atoms with Crippen molar-refractivity contribution in [1.29, 1.82) is 0 Å². The van der Waals surface area contributed by atoms with Gasteiger partial charge in [-0.25, -0.2) is 9.97 Å². The molecule has 4 heteroatoms. The van der Waals surface area contributed by atoms with Crippen LogP contribution in [0.1, 0.15) is 45.2 Å². The van der Waals surface area contributed by atoms with Crippen molar-refractivity contribution < 1.29 is 4.79 Å². The van der Waals surface area contributed by atoms with Crippen LogP contribution in [0.3, 0.4) is 0 Å². The van der Waals surface area contributed by atoms with Crippen LogP contribution in [-0.2, 0) is 12.8 Å². The second-order valence-corrected chi connectivity index (χ2v) is 7.40. The van der Waals surface area contributed by atoms with Gasteiger partial charge in [0.15, 0.2) is 5.78 Å². The third-order valence-corrected chi connectivity index (χ3v) is 5.70. The average Bonchev–Trinajstić information content (AvgIpc) is 3.12. The molecule has 1 aliphatic carbocycles. The van der Waals surface area contributed by atoms with Crippen molar-refractivity contribution in [1.82, 2.24) is 9.97 Å². The number of carbonyl (C=O) groups is 1. The third kappa shape index (κ3) is 2.72. The largest absolute Gasteiger partial charge is 0.310 e. The zero-order valence-corrected chi connectivity index (χ0v) is 15.4. The van der Waals surface area contributed by atoms with Gasteiger partial charge in [0, 0.05) is 18.7 Å². The van der Waals surface area contributed by atoms with E-state index in [2.05, 4.69) is 41.3 Å². The Balaban J connectivity index is 1.55. The van der Waals surface area contributed by atoms with Crippen LogP contribution in [0.2, 0.25) is 0 Å². The maximum absolute atomic E-state index is 12.8. The highest BCUT2D eigenvalue weighted by Gasteiger charge is 2.31. The highest BCUT2D eigenvalue weighted by atomic mass is 16.1. The van der Waals surface area contributed by atoms with Crippen LogP contribution in [0.25, 0.3) is 0 Å². The Labute approximate surface area is 158 Å². The summed E-state index contributed by atoms with van der Waals surface area (Å²) in [6.45, 7) is 2.82. The van der Waals surface area contributed by atoms with Gasteiger partial charge in [-0.1, -0.05) is 48.5 Å². The normalized spacial score (nSPS) is 18.3. The van der Waals surface area contributed by atoms with Crippen molar-refractivity contribution in [3.63, 3.8) is 0 Å². The monoisotopic (exact) mass is 355 g/mol. The Morgan fingerprint density at radius 1 is 0.963 bits per heavy atom. The van der Waals surface area contributed by atoms with Gasteiger partial charge in [0.2, 0.25) is 5.95 Å². The van der Waals surface area contributed by atoms with Gasteiger partial charge < -0.3 is 4.90 Å².